The second-order valence-corrected chi connectivity index (χ2v) is 5.39. The lowest BCUT2D eigenvalue weighted by Crippen LogP contribution is -2.30. The number of carbonyl (C=O) groups excluding carboxylic acids is 1. The second-order valence-electron chi connectivity index (χ2n) is 5.39. The van der Waals surface area contributed by atoms with Gasteiger partial charge in [-0.25, -0.2) is 0 Å². The largest absolute Gasteiger partial charge is 0.496 e. The van der Waals surface area contributed by atoms with Crippen molar-refractivity contribution in [3.8, 4) is 11.5 Å². The Morgan fingerprint density at radius 3 is 2.48 bits per heavy atom. The summed E-state index contributed by atoms with van der Waals surface area (Å²) in [7, 11) is 1.42. The van der Waals surface area contributed by atoms with Crippen LogP contribution in [0.15, 0.2) is 42.5 Å². The lowest BCUT2D eigenvalue weighted by Gasteiger charge is -2.15. The summed E-state index contributed by atoms with van der Waals surface area (Å²) in [5.74, 6) is -0.0451. The molecule has 0 fully saturated rings. The molecule has 0 spiro atoms. The quantitative estimate of drug-likeness (QED) is 0.612. The highest BCUT2D eigenvalue weighted by Crippen LogP contribution is 2.31. The van der Waals surface area contributed by atoms with Crippen LogP contribution in [0.3, 0.4) is 0 Å². The van der Waals surface area contributed by atoms with Crippen LogP contribution < -0.4 is 14.8 Å². The molecule has 0 bridgehead atoms. The fourth-order valence-electron chi connectivity index (χ4n) is 2.18. The third-order valence-electron chi connectivity index (χ3n) is 3.67. The molecule has 0 radical (unpaired) electrons. The molecule has 2 aromatic carbocycles. The van der Waals surface area contributed by atoms with Crippen LogP contribution in [0, 0.1) is 10.1 Å². The van der Waals surface area contributed by atoms with Gasteiger partial charge in [-0.05, 0) is 43.2 Å². The lowest BCUT2D eigenvalue weighted by molar-refractivity contribution is -0.386. The van der Waals surface area contributed by atoms with Crippen molar-refractivity contribution in [2.75, 3.05) is 12.4 Å². The first-order valence-electron chi connectivity index (χ1n) is 7.83. The molecule has 0 aromatic heterocycles. The molecule has 1 amide bonds. The molecule has 7 heteroatoms. The van der Waals surface area contributed by atoms with Gasteiger partial charge in [-0.15, -0.1) is 0 Å². The van der Waals surface area contributed by atoms with Gasteiger partial charge in [0.1, 0.15) is 5.75 Å². The van der Waals surface area contributed by atoms with Crippen molar-refractivity contribution >= 4 is 17.3 Å². The molecule has 132 valence electrons. The Morgan fingerprint density at radius 1 is 1.24 bits per heavy atom. The first-order chi connectivity index (χ1) is 11.9. The van der Waals surface area contributed by atoms with Crippen molar-refractivity contribution in [1.29, 1.82) is 0 Å². The standard InChI is InChI=1S/C18H20N2O5/c1-4-13-5-7-14(8-6-13)19-18(21)12(2)25-17-10-9-15(24-3)11-16(17)20(22)23/h5-12H,4H2,1-3H3,(H,19,21). The average Bonchev–Trinajstić information content (AvgIpc) is 2.62. The summed E-state index contributed by atoms with van der Waals surface area (Å²) in [6.07, 6.45) is 0.00691. The van der Waals surface area contributed by atoms with Crippen LogP contribution in [0.4, 0.5) is 11.4 Å². The van der Waals surface area contributed by atoms with Crippen LogP contribution in [0.2, 0.25) is 0 Å². The predicted octanol–water partition coefficient (Wildman–Crippen LogP) is 3.57. The van der Waals surface area contributed by atoms with Crippen LogP contribution in [0.25, 0.3) is 0 Å². The first kappa shape index (κ1) is 18.3. The highest BCUT2D eigenvalue weighted by Gasteiger charge is 2.22. The fraction of sp³-hybridized carbons (Fsp3) is 0.278. The third-order valence-corrected chi connectivity index (χ3v) is 3.67. The zero-order valence-electron chi connectivity index (χ0n) is 14.3. The lowest BCUT2D eigenvalue weighted by atomic mass is 10.1. The number of ether oxygens (including phenoxy) is 2. The van der Waals surface area contributed by atoms with Crippen molar-refractivity contribution in [3.63, 3.8) is 0 Å². The Hall–Kier alpha value is -3.09. The Kier molecular flexibility index (Phi) is 5.94. The van der Waals surface area contributed by atoms with Gasteiger partial charge in [-0.3, -0.25) is 14.9 Å². The zero-order valence-corrected chi connectivity index (χ0v) is 14.3. The van der Waals surface area contributed by atoms with E-state index in [1.807, 2.05) is 19.1 Å². The number of nitro benzene ring substituents is 1. The van der Waals surface area contributed by atoms with Gasteiger partial charge >= 0.3 is 5.69 Å². The maximum absolute atomic E-state index is 12.2. The predicted molar refractivity (Wildman–Crippen MR) is 94.2 cm³/mol. The number of anilines is 1. The molecule has 1 N–H and O–H groups in total. The van der Waals surface area contributed by atoms with Crippen LogP contribution >= 0.6 is 0 Å². The maximum Gasteiger partial charge on any atom is 0.314 e. The molecule has 25 heavy (non-hydrogen) atoms. The zero-order chi connectivity index (χ0) is 18.4. The van der Waals surface area contributed by atoms with E-state index in [0.29, 0.717) is 11.4 Å². The van der Waals surface area contributed by atoms with Gasteiger partial charge in [0.2, 0.25) is 0 Å². The summed E-state index contributed by atoms with van der Waals surface area (Å²) in [5, 5.41) is 13.9. The molecule has 0 aliphatic rings. The summed E-state index contributed by atoms with van der Waals surface area (Å²) in [6.45, 7) is 3.58. The smallest absolute Gasteiger partial charge is 0.314 e. The first-order valence-corrected chi connectivity index (χ1v) is 7.83. The van der Waals surface area contributed by atoms with E-state index < -0.39 is 16.9 Å². The summed E-state index contributed by atoms with van der Waals surface area (Å²) >= 11 is 0. The normalized spacial score (nSPS) is 11.5. The minimum Gasteiger partial charge on any atom is -0.496 e. The molecule has 1 unspecified atom stereocenters. The molecule has 2 rings (SSSR count). The molecule has 0 aliphatic heterocycles. The average molecular weight is 344 g/mol. The van der Waals surface area contributed by atoms with Crippen LogP contribution in [-0.4, -0.2) is 24.0 Å². The minimum absolute atomic E-state index is 0.00906. The van der Waals surface area contributed by atoms with E-state index in [9.17, 15) is 14.9 Å². The van der Waals surface area contributed by atoms with E-state index in [1.54, 1.807) is 12.1 Å². The molecule has 0 saturated carbocycles. The number of benzene rings is 2. The van der Waals surface area contributed by atoms with Gasteiger partial charge in [-0.1, -0.05) is 19.1 Å². The number of carbonyl (C=O) groups is 1. The molecule has 0 heterocycles. The SMILES string of the molecule is CCc1ccc(NC(=O)C(C)Oc2ccc(OC)cc2[N+](=O)[O-])cc1. The summed E-state index contributed by atoms with van der Waals surface area (Å²) in [5.41, 5.74) is 1.55. The van der Waals surface area contributed by atoms with Gasteiger partial charge in [0, 0.05) is 5.69 Å². The number of nitrogens with zero attached hydrogens (tertiary/aromatic N) is 1. The number of methoxy groups -OCH3 is 1. The van der Waals surface area contributed by atoms with E-state index in [4.69, 9.17) is 9.47 Å². The van der Waals surface area contributed by atoms with E-state index in [-0.39, 0.29) is 11.4 Å². The van der Waals surface area contributed by atoms with Crippen LogP contribution in [-0.2, 0) is 11.2 Å². The molecule has 0 saturated heterocycles. The minimum atomic E-state index is -0.905. The van der Waals surface area contributed by atoms with E-state index in [1.165, 1.54) is 32.2 Å². The van der Waals surface area contributed by atoms with Gasteiger partial charge in [0.25, 0.3) is 5.91 Å². The number of hydrogen-bond acceptors (Lipinski definition) is 5. The Morgan fingerprint density at radius 2 is 1.92 bits per heavy atom. The molecule has 1 atom stereocenters. The number of nitro groups is 1. The van der Waals surface area contributed by atoms with Crippen LogP contribution in [0.1, 0.15) is 19.4 Å². The summed E-state index contributed by atoms with van der Waals surface area (Å²) in [4.78, 5) is 22.8. The number of amides is 1. The van der Waals surface area contributed by atoms with Crippen molar-refractivity contribution in [1.82, 2.24) is 0 Å². The summed E-state index contributed by atoms with van der Waals surface area (Å²) in [6, 6.07) is 11.7. The molecule has 2 aromatic rings. The molecular weight excluding hydrogens is 324 g/mol. The van der Waals surface area contributed by atoms with Gasteiger partial charge in [-0.2, -0.15) is 0 Å². The third kappa shape index (κ3) is 4.69. The van der Waals surface area contributed by atoms with Crippen molar-refractivity contribution < 1.29 is 19.2 Å². The molecule has 7 nitrogen and oxygen atoms in total. The number of rotatable bonds is 7. The topological polar surface area (TPSA) is 90.7 Å². The van der Waals surface area contributed by atoms with Crippen LogP contribution in [0.5, 0.6) is 11.5 Å². The number of nitrogens with one attached hydrogen (secondary N) is 1. The van der Waals surface area contributed by atoms with Crippen molar-refractivity contribution in [2.24, 2.45) is 0 Å². The van der Waals surface area contributed by atoms with Gasteiger partial charge < -0.3 is 14.8 Å². The van der Waals surface area contributed by atoms with E-state index >= 15 is 0 Å². The van der Waals surface area contributed by atoms with E-state index in [0.717, 1.165) is 12.0 Å². The number of aryl methyl sites for hydroxylation is 1. The second kappa shape index (κ2) is 8.14. The highest BCUT2D eigenvalue weighted by molar-refractivity contribution is 5.94. The van der Waals surface area contributed by atoms with Crippen molar-refractivity contribution in [2.45, 2.75) is 26.4 Å². The Balaban J connectivity index is 2.08. The Labute approximate surface area is 145 Å². The Bertz CT molecular complexity index is 759. The number of hydrogen-bond donors (Lipinski definition) is 1. The fourth-order valence-corrected chi connectivity index (χ4v) is 2.18. The molecular formula is C18H20N2O5. The van der Waals surface area contributed by atoms with Crippen molar-refractivity contribution in [3.05, 3.63) is 58.1 Å². The van der Waals surface area contributed by atoms with Gasteiger partial charge in [0.15, 0.2) is 11.9 Å². The maximum atomic E-state index is 12.2. The van der Waals surface area contributed by atoms with E-state index in [2.05, 4.69) is 5.32 Å². The monoisotopic (exact) mass is 344 g/mol. The van der Waals surface area contributed by atoms with Gasteiger partial charge in [0.05, 0.1) is 18.1 Å². The molecule has 0 aliphatic carbocycles. The summed E-state index contributed by atoms with van der Waals surface area (Å²) < 4.78 is 10.4. The highest BCUT2D eigenvalue weighted by atomic mass is 16.6.